The van der Waals surface area contributed by atoms with E-state index in [1.165, 1.54) is 6.42 Å². The van der Waals surface area contributed by atoms with Crippen LogP contribution < -0.4 is 0 Å². The van der Waals surface area contributed by atoms with E-state index in [0.29, 0.717) is 5.28 Å². The highest BCUT2D eigenvalue weighted by molar-refractivity contribution is 6.29. The highest BCUT2D eigenvalue weighted by atomic mass is 35.5. The number of rotatable bonds is 1. The SMILES string of the molecule is Clc1nc2ccccc2n1[C@H]1CCCCO1. The van der Waals surface area contributed by atoms with Crippen LogP contribution in [-0.4, -0.2) is 16.2 Å². The second-order valence-electron chi connectivity index (χ2n) is 4.06. The smallest absolute Gasteiger partial charge is 0.205 e. The molecule has 0 radical (unpaired) electrons. The maximum atomic E-state index is 6.17. The van der Waals surface area contributed by atoms with Gasteiger partial charge in [0.15, 0.2) is 0 Å². The van der Waals surface area contributed by atoms with Crippen LogP contribution in [0.1, 0.15) is 25.5 Å². The number of ether oxygens (including phenoxy) is 1. The first-order valence-corrected chi connectivity index (χ1v) is 5.98. The minimum absolute atomic E-state index is 0.0497. The lowest BCUT2D eigenvalue weighted by molar-refractivity contribution is -0.0293. The van der Waals surface area contributed by atoms with E-state index in [1.54, 1.807) is 0 Å². The van der Waals surface area contributed by atoms with Crippen molar-refractivity contribution >= 4 is 22.6 Å². The number of fused-ring (bicyclic) bond motifs is 1. The minimum atomic E-state index is 0.0497. The van der Waals surface area contributed by atoms with Gasteiger partial charge in [0.05, 0.1) is 11.0 Å². The largest absolute Gasteiger partial charge is 0.358 e. The summed E-state index contributed by atoms with van der Waals surface area (Å²) in [4.78, 5) is 4.34. The number of hydrogen-bond donors (Lipinski definition) is 0. The van der Waals surface area contributed by atoms with E-state index >= 15 is 0 Å². The van der Waals surface area contributed by atoms with Crippen LogP contribution in [0, 0.1) is 0 Å². The van der Waals surface area contributed by atoms with Gasteiger partial charge in [0, 0.05) is 6.61 Å². The number of halogens is 1. The number of imidazole rings is 1. The summed E-state index contributed by atoms with van der Waals surface area (Å²) < 4.78 is 7.75. The lowest BCUT2D eigenvalue weighted by Gasteiger charge is -2.24. The minimum Gasteiger partial charge on any atom is -0.358 e. The molecule has 1 aromatic heterocycles. The second kappa shape index (κ2) is 4.07. The standard InChI is InChI=1S/C12H13ClN2O/c13-12-14-9-5-1-2-6-10(9)15(12)11-7-3-4-8-16-11/h1-2,5-6,11H,3-4,7-8H2/t11-/m1/s1. The fraction of sp³-hybridized carbons (Fsp3) is 0.417. The van der Waals surface area contributed by atoms with E-state index in [4.69, 9.17) is 16.3 Å². The van der Waals surface area contributed by atoms with E-state index in [-0.39, 0.29) is 6.23 Å². The molecule has 2 aromatic rings. The molecule has 0 amide bonds. The van der Waals surface area contributed by atoms with Gasteiger partial charge in [-0.3, -0.25) is 4.57 Å². The molecule has 2 heterocycles. The Morgan fingerprint density at radius 3 is 3.00 bits per heavy atom. The van der Waals surface area contributed by atoms with Crippen molar-refractivity contribution in [1.82, 2.24) is 9.55 Å². The van der Waals surface area contributed by atoms with Gasteiger partial charge in [-0.1, -0.05) is 12.1 Å². The highest BCUT2D eigenvalue weighted by Crippen LogP contribution is 2.30. The Labute approximate surface area is 99.0 Å². The van der Waals surface area contributed by atoms with Crippen LogP contribution in [0.15, 0.2) is 24.3 Å². The molecule has 0 spiro atoms. The zero-order valence-electron chi connectivity index (χ0n) is 8.90. The predicted octanol–water partition coefficient (Wildman–Crippen LogP) is 3.39. The molecule has 84 valence electrons. The van der Waals surface area contributed by atoms with Crippen LogP contribution in [0.2, 0.25) is 5.28 Å². The van der Waals surface area contributed by atoms with Gasteiger partial charge >= 0.3 is 0 Å². The summed E-state index contributed by atoms with van der Waals surface area (Å²) >= 11 is 6.17. The van der Waals surface area contributed by atoms with Crippen molar-refractivity contribution < 1.29 is 4.74 Å². The molecule has 0 unspecified atom stereocenters. The molecular formula is C12H13ClN2O. The van der Waals surface area contributed by atoms with Crippen molar-refractivity contribution in [2.24, 2.45) is 0 Å². The van der Waals surface area contributed by atoms with Gasteiger partial charge in [0.2, 0.25) is 5.28 Å². The van der Waals surface area contributed by atoms with Crippen molar-refractivity contribution in [2.75, 3.05) is 6.61 Å². The molecule has 1 atom stereocenters. The van der Waals surface area contributed by atoms with E-state index in [0.717, 1.165) is 30.5 Å². The summed E-state index contributed by atoms with van der Waals surface area (Å²) in [5, 5.41) is 0.521. The molecule has 0 saturated carbocycles. The Bertz CT molecular complexity index is 503. The summed E-state index contributed by atoms with van der Waals surface area (Å²) in [7, 11) is 0. The van der Waals surface area contributed by atoms with Gasteiger partial charge in [-0.25, -0.2) is 4.98 Å². The molecule has 16 heavy (non-hydrogen) atoms. The van der Waals surface area contributed by atoms with E-state index in [1.807, 2.05) is 28.8 Å². The average molecular weight is 237 g/mol. The third-order valence-corrected chi connectivity index (χ3v) is 3.26. The van der Waals surface area contributed by atoms with Crippen molar-refractivity contribution in [1.29, 1.82) is 0 Å². The fourth-order valence-electron chi connectivity index (χ4n) is 2.22. The zero-order valence-corrected chi connectivity index (χ0v) is 9.65. The van der Waals surface area contributed by atoms with Crippen molar-refractivity contribution in [3.8, 4) is 0 Å². The van der Waals surface area contributed by atoms with Gasteiger partial charge in [0.1, 0.15) is 6.23 Å². The van der Waals surface area contributed by atoms with Crippen molar-refractivity contribution in [3.63, 3.8) is 0 Å². The Hall–Kier alpha value is -1.06. The number of hydrogen-bond acceptors (Lipinski definition) is 2. The lowest BCUT2D eigenvalue weighted by Crippen LogP contribution is -2.18. The van der Waals surface area contributed by atoms with E-state index < -0.39 is 0 Å². The molecule has 1 fully saturated rings. The Kier molecular flexibility index (Phi) is 2.58. The lowest BCUT2D eigenvalue weighted by atomic mass is 10.2. The fourth-order valence-corrected chi connectivity index (χ4v) is 2.51. The van der Waals surface area contributed by atoms with Crippen LogP contribution >= 0.6 is 11.6 Å². The molecule has 1 saturated heterocycles. The molecule has 1 aliphatic rings. The maximum Gasteiger partial charge on any atom is 0.205 e. The van der Waals surface area contributed by atoms with Gasteiger partial charge in [-0.15, -0.1) is 0 Å². The van der Waals surface area contributed by atoms with Crippen molar-refractivity contribution in [2.45, 2.75) is 25.5 Å². The molecular weight excluding hydrogens is 224 g/mol. The molecule has 0 bridgehead atoms. The summed E-state index contributed by atoms with van der Waals surface area (Å²) in [6, 6.07) is 7.98. The van der Waals surface area contributed by atoms with Gasteiger partial charge < -0.3 is 4.74 Å². The average Bonchev–Trinajstić information content (AvgIpc) is 2.66. The third-order valence-electron chi connectivity index (χ3n) is 3.00. The Balaban J connectivity index is 2.10. The summed E-state index contributed by atoms with van der Waals surface area (Å²) in [5.74, 6) is 0. The number of aromatic nitrogens is 2. The monoisotopic (exact) mass is 236 g/mol. The quantitative estimate of drug-likeness (QED) is 0.759. The van der Waals surface area contributed by atoms with E-state index in [2.05, 4.69) is 4.98 Å². The van der Waals surface area contributed by atoms with Crippen molar-refractivity contribution in [3.05, 3.63) is 29.5 Å². The Morgan fingerprint density at radius 2 is 2.19 bits per heavy atom. The molecule has 1 aromatic carbocycles. The van der Waals surface area contributed by atoms with Crippen LogP contribution in [0.25, 0.3) is 11.0 Å². The van der Waals surface area contributed by atoms with Crippen LogP contribution in [0.5, 0.6) is 0 Å². The van der Waals surface area contributed by atoms with Crippen LogP contribution in [0.3, 0.4) is 0 Å². The second-order valence-corrected chi connectivity index (χ2v) is 4.40. The first-order chi connectivity index (χ1) is 7.86. The topological polar surface area (TPSA) is 27.1 Å². The molecule has 4 heteroatoms. The van der Waals surface area contributed by atoms with Gasteiger partial charge in [-0.05, 0) is 43.0 Å². The van der Waals surface area contributed by atoms with E-state index in [9.17, 15) is 0 Å². The van der Waals surface area contributed by atoms with Crippen LogP contribution in [-0.2, 0) is 4.74 Å². The molecule has 3 rings (SSSR count). The Morgan fingerprint density at radius 1 is 1.31 bits per heavy atom. The normalized spacial score (nSPS) is 21.4. The first kappa shape index (κ1) is 10.1. The summed E-state index contributed by atoms with van der Waals surface area (Å²) in [6.07, 6.45) is 3.39. The molecule has 3 nitrogen and oxygen atoms in total. The third kappa shape index (κ3) is 1.60. The molecule has 1 aliphatic heterocycles. The first-order valence-electron chi connectivity index (χ1n) is 5.60. The number of para-hydroxylation sites is 2. The highest BCUT2D eigenvalue weighted by Gasteiger charge is 2.20. The van der Waals surface area contributed by atoms with Gasteiger partial charge in [0.25, 0.3) is 0 Å². The number of nitrogens with zero attached hydrogens (tertiary/aromatic N) is 2. The predicted molar refractivity (Wildman–Crippen MR) is 63.6 cm³/mol. The zero-order chi connectivity index (χ0) is 11.0. The summed E-state index contributed by atoms with van der Waals surface area (Å²) in [5.41, 5.74) is 1.99. The molecule has 0 aliphatic carbocycles. The van der Waals surface area contributed by atoms with Gasteiger partial charge in [-0.2, -0.15) is 0 Å². The number of benzene rings is 1. The summed E-state index contributed by atoms with van der Waals surface area (Å²) in [6.45, 7) is 0.813. The van der Waals surface area contributed by atoms with Crippen LogP contribution in [0.4, 0.5) is 0 Å². The molecule has 0 N–H and O–H groups in total. The maximum absolute atomic E-state index is 6.17.